The summed E-state index contributed by atoms with van der Waals surface area (Å²) in [5, 5.41) is 3.38. The number of benzene rings is 1. The van der Waals surface area contributed by atoms with Crippen molar-refractivity contribution in [3.05, 3.63) is 58.1 Å². The number of aromatic nitrogens is 3. The molecule has 220 valence electrons. The summed E-state index contributed by atoms with van der Waals surface area (Å²) in [5.74, 6) is 1.32. The molecule has 0 spiro atoms. The van der Waals surface area contributed by atoms with Gasteiger partial charge in [-0.15, -0.1) is 0 Å². The van der Waals surface area contributed by atoms with Gasteiger partial charge in [-0.2, -0.15) is 0 Å². The Bertz CT molecular complexity index is 1420. The topological polar surface area (TPSA) is 89.3 Å². The van der Waals surface area contributed by atoms with Gasteiger partial charge in [-0.1, -0.05) is 41.5 Å². The molecule has 1 N–H and O–H groups in total. The van der Waals surface area contributed by atoms with Crippen molar-refractivity contribution in [2.24, 2.45) is 5.41 Å². The predicted molar refractivity (Wildman–Crippen MR) is 166 cm³/mol. The SMILES string of the molecule is CCCC(=O)c1cn2c(cc1=O)-c1cc(OC)c(-c3cnc(N(CCC)CCNCC)nc3)cc1CC2C(C)(C)C. The molecule has 3 heterocycles. The van der Waals surface area contributed by atoms with E-state index in [0.717, 1.165) is 72.9 Å². The van der Waals surface area contributed by atoms with Crippen LogP contribution < -0.4 is 20.4 Å². The van der Waals surface area contributed by atoms with Crippen LogP contribution in [0.5, 0.6) is 5.75 Å². The van der Waals surface area contributed by atoms with Crippen LogP contribution >= 0.6 is 0 Å². The van der Waals surface area contributed by atoms with Crippen LogP contribution in [0.25, 0.3) is 22.4 Å². The number of nitrogens with zero attached hydrogens (tertiary/aromatic N) is 4. The van der Waals surface area contributed by atoms with Crippen LogP contribution in [-0.2, 0) is 6.42 Å². The summed E-state index contributed by atoms with van der Waals surface area (Å²) in [6.07, 6.45) is 8.40. The number of nitrogens with one attached hydrogen (secondary N) is 1. The van der Waals surface area contributed by atoms with Gasteiger partial charge in [-0.3, -0.25) is 9.59 Å². The first-order chi connectivity index (χ1) is 19.6. The normalized spacial score (nSPS) is 14.4. The number of Topliss-reactive ketones (excluding diaryl/α,β-unsaturated/α-hetero) is 1. The predicted octanol–water partition coefficient (Wildman–Crippen LogP) is 5.93. The molecule has 1 atom stereocenters. The van der Waals surface area contributed by atoms with Crippen LogP contribution in [0, 0.1) is 5.41 Å². The summed E-state index contributed by atoms with van der Waals surface area (Å²) in [4.78, 5) is 37.6. The lowest BCUT2D eigenvalue weighted by Gasteiger charge is -2.39. The maximum atomic E-state index is 13.1. The first-order valence-electron chi connectivity index (χ1n) is 14.9. The van der Waals surface area contributed by atoms with Gasteiger partial charge in [0.25, 0.3) is 0 Å². The average Bonchev–Trinajstić information content (AvgIpc) is 2.95. The van der Waals surface area contributed by atoms with E-state index in [1.807, 2.05) is 25.4 Å². The quantitative estimate of drug-likeness (QED) is 0.217. The Hall–Kier alpha value is -3.52. The molecule has 1 aromatic carbocycles. The Balaban J connectivity index is 1.78. The highest BCUT2D eigenvalue weighted by Crippen LogP contribution is 2.45. The van der Waals surface area contributed by atoms with E-state index in [0.29, 0.717) is 18.6 Å². The highest BCUT2D eigenvalue weighted by atomic mass is 16.5. The summed E-state index contributed by atoms with van der Waals surface area (Å²) in [6.45, 7) is 16.4. The van der Waals surface area contributed by atoms with Crippen LogP contribution in [0.2, 0.25) is 0 Å². The first-order valence-corrected chi connectivity index (χ1v) is 14.9. The van der Waals surface area contributed by atoms with Crippen molar-refractivity contribution < 1.29 is 9.53 Å². The monoisotopic (exact) mass is 559 g/mol. The molecule has 0 fully saturated rings. The number of likely N-dealkylation sites (N-methyl/N-ethyl adjacent to an activating group) is 1. The Morgan fingerprint density at radius 3 is 2.41 bits per heavy atom. The van der Waals surface area contributed by atoms with E-state index < -0.39 is 0 Å². The van der Waals surface area contributed by atoms with Crippen LogP contribution in [0.1, 0.15) is 82.8 Å². The summed E-state index contributed by atoms with van der Waals surface area (Å²) < 4.78 is 8.00. The number of carbonyl (C=O) groups excluding carboxylic acids is 1. The van der Waals surface area contributed by atoms with Crippen molar-refractivity contribution >= 4 is 11.7 Å². The number of ketones is 1. The zero-order valence-electron chi connectivity index (χ0n) is 25.7. The van der Waals surface area contributed by atoms with Crippen LogP contribution in [0.4, 0.5) is 5.95 Å². The van der Waals surface area contributed by atoms with Crippen molar-refractivity contribution in [2.75, 3.05) is 38.2 Å². The molecular weight excluding hydrogens is 514 g/mol. The Morgan fingerprint density at radius 2 is 1.80 bits per heavy atom. The minimum absolute atomic E-state index is 0.0676. The van der Waals surface area contributed by atoms with Gasteiger partial charge in [-0.05, 0) is 48.9 Å². The van der Waals surface area contributed by atoms with Crippen LogP contribution in [-0.4, -0.2) is 53.6 Å². The Labute approximate surface area is 244 Å². The molecule has 0 radical (unpaired) electrons. The zero-order chi connectivity index (χ0) is 29.7. The molecule has 0 amide bonds. The maximum Gasteiger partial charge on any atom is 0.225 e. The number of fused-ring (bicyclic) bond motifs is 3. The highest BCUT2D eigenvalue weighted by molar-refractivity contribution is 5.96. The molecule has 1 aliphatic heterocycles. The lowest BCUT2D eigenvalue weighted by Crippen LogP contribution is -2.33. The molecule has 41 heavy (non-hydrogen) atoms. The average molecular weight is 560 g/mol. The third-order valence-corrected chi connectivity index (χ3v) is 7.84. The number of anilines is 1. The van der Waals surface area contributed by atoms with E-state index in [1.165, 1.54) is 0 Å². The largest absolute Gasteiger partial charge is 0.496 e. The number of hydrogen-bond donors (Lipinski definition) is 1. The zero-order valence-corrected chi connectivity index (χ0v) is 25.7. The van der Waals surface area contributed by atoms with E-state index in [2.05, 4.69) is 55.5 Å². The molecule has 0 saturated carbocycles. The minimum atomic E-state index is -0.229. The van der Waals surface area contributed by atoms with E-state index in [-0.39, 0.29) is 28.2 Å². The summed E-state index contributed by atoms with van der Waals surface area (Å²) in [7, 11) is 1.66. The lowest BCUT2D eigenvalue weighted by molar-refractivity contribution is 0.0979. The molecule has 8 heteroatoms. The Kier molecular flexibility index (Phi) is 9.64. The summed E-state index contributed by atoms with van der Waals surface area (Å²) >= 11 is 0. The summed E-state index contributed by atoms with van der Waals surface area (Å²) in [5.41, 5.74) is 4.65. The van der Waals surface area contributed by atoms with Gasteiger partial charge >= 0.3 is 0 Å². The van der Waals surface area contributed by atoms with Gasteiger partial charge in [0.2, 0.25) is 5.95 Å². The highest BCUT2D eigenvalue weighted by Gasteiger charge is 2.34. The van der Waals surface area contributed by atoms with Crippen molar-refractivity contribution in [3.8, 4) is 28.1 Å². The van der Waals surface area contributed by atoms with E-state index >= 15 is 0 Å². The van der Waals surface area contributed by atoms with Crippen molar-refractivity contribution in [1.82, 2.24) is 19.9 Å². The number of methoxy groups -OCH3 is 1. The molecular formula is C33H45N5O3. The molecule has 2 aromatic heterocycles. The molecule has 3 aromatic rings. The molecule has 0 saturated heterocycles. The van der Waals surface area contributed by atoms with Crippen LogP contribution in [0.3, 0.4) is 0 Å². The van der Waals surface area contributed by atoms with Gasteiger partial charge in [0.05, 0.1) is 18.4 Å². The molecule has 1 aliphatic rings. The van der Waals surface area contributed by atoms with E-state index in [1.54, 1.807) is 19.4 Å². The van der Waals surface area contributed by atoms with Gasteiger partial charge in [0.15, 0.2) is 11.2 Å². The summed E-state index contributed by atoms with van der Waals surface area (Å²) in [6, 6.07) is 5.87. The third-order valence-electron chi connectivity index (χ3n) is 7.84. The Morgan fingerprint density at radius 1 is 1.07 bits per heavy atom. The second-order valence-corrected chi connectivity index (χ2v) is 11.9. The number of rotatable bonds is 12. The number of pyridine rings is 1. The number of hydrogen-bond acceptors (Lipinski definition) is 7. The number of carbonyl (C=O) groups is 1. The standard InChI is InChI=1S/C33H45N5O3/c1-8-11-28(39)26-21-38-27(18-29(26)40)24-17-30(41-7)25(15-22(24)16-31(38)33(4,5)6)23-19-35-32(36-20-23)37(13-9-2)14-12-34-10-3/h15,17-21,31,34H,8-14,16H2,1-7H3. The fraction of sp³-hybridized carbons (Fsp3) is 0.515. The number of ether oxygens (including phenoxy) is 1. The van der Waals surface area contributed by atoms with Crippen molar-refractivity contribution in [3.63, 3.8) is 0 Å². The smallest absolute Gasteiger partial charge is 0.225 e. The molecule has 0 bridgehead atoms. The molecule has 8 nitrogen and oxygen atoms in total. The van der Waals surface area contributed by atoms with Crippen LogP contribution in [0.15, 0.2) is 41.6 Å². The second-order valence-electron chi connectivity index (χ2n) is 11.9. The van der Waals surface area contributed by atoms with E-state index in [4.69, 9.17) is 14.7 Å². The molecule has 1 unspecified atom stereocenters. The molecule has 0 aliphatic carbocycles. The van der Waals surface area contributed by atoms with Crippen molar-refractivity contribution in [1.29, 1.82) is 0 Å². The molecule has 4 rings (SSSR count). The second kappa shape index (κ2) is 13.0. The fourth-order valence-corrected chi connectivity index (χ4v) is 5.65. The fourth-order valence-electron chi connectivity index (χ4n) is 5.65. The maximum absolute atomic E-state index is 13.1. The van der Waals surface area contributed by atoms with E-state index in [9.17, 15) is 9.59 Å². The van der Waals surface area contributed by atoms with Gasteiger partial charge < -0.3 is 19.5 Å². The van der Waals surface area contributed by atoms with Gasteiger partial charge in [-0.25, -0.2) is 9.97 Å². The third kappa shape index (κ3) is 6.53. The lowest BCUT2D eigenvalue weighted by atomic mass is 9.78. The van der Waals surface area contributed by atoms with Gasteiger partial charge in [0, 0.05) is 73.4 Å². The van der Waals surface area contributed by atoms with Gasteiger partial charge in [0.1, 0.15) is 5.75 Å². The van der Waals surface area contributed by atoms with Crippen molar-refractivity contribution in [2.45, 2.75) is 73.3 Å². The first kappa shape index (κ1) is 30.4. The minimum Gasteiger partial charge on any atom is -0.496 e.